The zero-order chi connectivity index (χ0) is 38.3. The van der Waals surface area contributed by atoms with Crippen molar-refractivity contribution in [2.24, 2.45) is 10.8 Å². The Morgan fingerprint density at radius 2 is 1.14 bits per heavy atom. The van der Waals surface area contributed by atoms with Crippen LogP contribution in [0.5, 0.6) is 0 Å². The van der Waals surface area contributed by atoms with Gasteiger partial charge in [0, 0.05) is 19.9 Å². The van der Waals surface area contributed by atoms with E-state index in [1.165, 1.54) is 0 Å². The Labute approximate surface area is 300 Å². The van der Waals surface area contributed by atoms with Crippen molar-refractivity contribution in [2.45, 2.75) is 146 Å². The van der Waals surface area contributed by atoms with Gasteiger partial charge in [-0.15, -0.1) is 0 Å². The molecule has 3 aliphatic heterocycles. The summed E-state index contributed by atoms with van der Waals surface area (Å²) in [4.78, 5) is 9.59. The molecule has 16 unspecified atom stereocenters. The van der Waals surface area contributed by atoms with Crippen molar-refractivity contribution in [3.05, 3.63) is 0 Å². The maximum Gasteiger partial charge on any atom is 0.187 e. The van der Waals surface area contributed by atoms with Gasteiger partial charge >= 0.3 is 0 Å². The summed E-state index contributed by atoms with van der Waals surface area (Å²) in [6.45, 7) is 10.7. The fraction of sp³-hybridized carbons (Fsp3) is 1.00. The summed E-state index contributed by atoms with van der Waals surface area (Å²) in [5.41, 5.74) is -0.636. The lowest BCUT2D eigenvalue weighted by atomic mass is 9.67. The monoisotopic (exact) mass is 764 g/mol. The van der Waals surface area contributed by atoms with Crippen LogP contribution in [0, 0.1) is 10.8 Å². The molecular formula is C32H61O18P. The number of unbranched alkanes of at least 4 members (excludes halogenated alkanes) is 1. The molecule has 16 atom stereocenters. The minimum atomic E-state index is -1.89. The number of hydrogen-bond acceptors (Lipinski definition) is 18. The molecule has 3 fully saturated rings. The maximum absolute atomic E-state index is 11.3. The molecule has 0 aromatic heterocycles. The van der Waals surface area contributed by atoms with Crippen molar-refractivity contribution in [1.82, 2.24) is 0 Å². The summed E-state index contributed by atoms with van der Waals surface area (Å²) >= 11 is 0. The van der Waals surface area contributed by atoms with E-state index in [0.29, 0.717) is 19.4 Å². The van der Waals surface area contributed by atoms with Crippen LogP contribution in [0.3, 0.4) is 0 Å². The SMILES string of the molecule is CCCCOC1OC(CO)C(O)C(OC2OC(CO)C(O)C(OC3OC(COCCC(C)(C)C(C)(C)COP(C)O)C(O)C(O)C3O)C2O)C1O. The first-order valence-electron chi connectivity index (χ1n) is 17.4. The van der Waals surface area contributed by atoms with Crippen molar-refractivity contribution in [1.29, 1.82) is 0 Å². The van der Waals surface area contributed by atoms with Gasteiger partial charge in [-0.05, 0) is 23.7 Å². The molecule has 3 rings (SSSR count). The van der Waals surface area contributed by atoms with E-state index >= 15 is 0 Å². The quantitative estimate of drug-likeness (QED) is 0.0488. The summed E-state index contributed by atoms with van der Waals surface area (Å²) in [6, 6.07) is 0. The van der Waals surface area contributed by atoms with Crippen molar-refractivity contribution in [3.8, 4) is 0 Å². The number of rotatable bonds is 19. The molecule has 0 aliphatic carbocycles. The molecule has 302 valence electrons. The third kappa shape index (κ3) is 11.4. The van der Waals surface area contributed by atoms with Crippen LogP contribution >= 0.6 is 8.38 Å². The predicted octanol–water partition coefficient (Wildman–Crippen LogP) is -2.33. The zero-order valence-corrected chi connectivity index (χ0v) is 31.1. The molecule has 19 heteroatoms. The van der Waals surface area contributed by atoms with E-state index in [1.54, 1.807) is 6.66 Å². The summed E-state index contributed by atoms with van der Waals surface area (Å²) < 4.78 is 45.2. The summed E-state index contributed by atoms with van der Waals surface area (Å²) in [5.74, 6) is 0. The normalized spacial score (nSPS) is 40.4. The van der Waals surface area contributed by atoms with E-state index in [0.717, 1.165) is 6.42 Å². The second-order valence-electron chi connectivity index (χ2n) is 14.7. The average Bonchev–Trinajstić information content (AvgIpc) is 3.08. The van der Waals surface area contributed by atoms with Crippen LogP contribution in [0.4, 0.5) is 0 Å². The Morgan fingerprint density at radius 3 is 1.67 bits per heavy atom. The molecule has 10 N–H and O–H groups in total. The first kappa shape index (κ1) is 45.1. The van der Waals surface area contributed by atoms with Crippen molar-refractivity contribution in [2.75, 3.05) is 46.3 Å². The molecule has 0 aromatic rings. The average molecular weight is 765 g/mol. The number of ether oxygens (including phenoxy) is 7. The molecule has 0 saturated carbocycles. The Balaban J connectivity index is 1.69. The van der Waals surface area contributed by atoms with E-state index < -0.39 is 114 Å². The van der Waals surface area contributed by atoms with Crippen LogP contribution in [0.25, 0.3) is 0 Å². The van der Waals surface area contributed by atoms with Gasteiger partial charge in [-0.25, -0.2) is 0 Å². The van der Waals surface area contributed by atoms with Gasteiger partial charge in [0.1, 0.15) is 73.2 Å². The molecule has 0 amide bonds. The summed E-state index contributed by atoms with van der Waals surface area (Å²) in [7, 11) is -1.51. The minimum absolute atomic E-state index is 0.198. The van der Waals surface area contributed by atoms with E-state index in [-0.39, 0.29) is 30.7 Å². The lowest BCUT2D eigenvalue weighted by Crippen LogP contribution is -2.67. The maximum atomic E-state index is 11.3. The third-order valence-electron chi connectivity index (χ3n) is 10.3. The van der Waals surface area contributed by atoms with E-state index in [4.69, 9.17) is 37.7 Å². The lowest BCUT2D eigenvalue weighted by Gasteiger charge is -2.48. The molecule has 3 saturated heterocycles. The van der Waals surface area contributed by atoms with Gasteiger partial charge in [0.25, 0.3) is 0 Å². The lowest BCUT2D eigenvalue weighted by molar-refractivity contribution is -0.381. The number of aliphatic hydroxyl groups is 9. The highest BCUT2D eigenvalue weighted by atomic mass is 31.2. The van der Waals surface area contributed by atoms with Crippen LogP contribution in [0.2, 0.25) is 0 Å². The molecule has 0 bridgehead atoms. The predicted molar refractivity (Wildman–Crippen MR) is 177 cm³/mol. The first-order valence-corrected chi connectivity index (χ1v) is 19.1. The number of hydrogen-bond donors (Lipinski definition) is 10. The fourth-order valence-corrected chi connectivity index (χ4v) is 6.32. The van der Waals surface area contributed by atoms with Crippen molar-refractivity contribution >= 4 is 8.38 Å². The van der Waals surface area contributed by atoms with Gasteiger partial charge < -0.3 is 88.5 Å². The van der Waals surface area contributed by atoms with Crippen molar-refractivity contribution < 1.29 is 88.5 Å². The molecule has 3 heterocycles. The van der Waals surface area contributed by atoms with Crippen LogP contribution in [0.1, 0.15) is 53.9 Å². The molecule has 51 heavy (non-hydrogen) atoms. The molecule has 0 spiro atoms. The Morgan fingerprint density at radius 1 is 0.627 bits per heavy atom. The largest absolute Gasteiger partial charge is 0.394 e. The summed E-state index contributed by atoms with van der Waals surface area (Å²) in [5, 5.41) is 95.8. The van der Waals surface area contributed by atoms with E-state index in [9.17, 15) is 50.9 Å². The van der Waals surface area contributed by atoms with Gasteiger partial charge in [0.2, 0.25) is 0 Å². The Kier molecular flexibility index (Phi) is 17.7. The molecule has 0 radical (unpaired) electrons. The van der Waals surface area contributed by atoms with Crippen molar-refractivity contribution in [3.63, 3.8) is 0 Å². The number of aliphatic hydroxyl groups excluding tert-OH is 9. The van der Waals surface area contributed by atoms with Gasteiger partial charge in [-0.3, -0.25) is 0 Å². The van der Waals surface area contributed by atoms with Gasteiger partial charge in [-0.1, -0.05) is 41.0 Å². The van der Waals surface area contributed by atoms with Crippen LogP contribution in [-0.2, 0) is 37.7 Å². The Bertz CT molecular complexity index is 1010. The topological polar surface area (TPSA) is 276 Å². The highest BCUT2D eigenvalue weighted by Crippen LogP contribution is 2.44. The standard InChI is InChI=1S/C32H61O18P/c1-7-8-10-44-28-24(40)26(20(36)16(12-33)46-28)50-30-25(41)27(21(37)17(13-34)47-30)49-29-23(39)22(38)19(35)18(48-29)14-43-11-9-31(2,3)32(4,5)15-45-51(6)42/h16-30,33-42H,7-15H2,1-6H3. The van der Waals surface area contributed by atoms with Crippen LogP contribution < -0.4 is 0 Å². The zero-order valence-electron chi connectivity index (χ0n) is 30.2. The Hall–Kier alpha value is -0.290. The van der Waals surface area contributed by atoms with Gasteiger partial charge in [0.15, 0.2) is 27.2 Å². The molecular weight excluding hydrogens is 703 g/mol. The molecule has 3 aliphatic rings. The third-order valence-corrected chi connectivity index (χ3v) is 10.8. The van der Waals surface area contributed by atoms with Crippen LogP contribution in [0.15, 0.2) is 0 Å². The second kappa shape index (κ2) is 20.0. The van der Waals surface area contributed by atoms with Crippen LogP contribution in [-0.4, -0.2) is 189 Å². The molecule has 0 aromatic carbocycles. The fourth-order valence-electron chi connectivity index (χ4n) is 5.81. The smallest absolute Gasteiger partial charge is 0.187 e. The van der Waals surface area contributed by atoms with E-state index in [2.05, 4.69) is 0 Å². The minimum Gasteiger partial charge on any atom is -0.394 e. The van der Waals surface area contributed by atoms with E-state index in [1.807, 2.05) is 34.6 Å². The second-order valence-corrected chi connectivity index (χ2v) is 15.9. The highest BCUT2D eigenvalue weighted by molar-refractivity contribution is 7.45. The van der Waals surface area contributed by atoms with Gasteiger partial charge in [0.05, 0.1) is 26.4 Å². The van der Waals surface area contributed by atoms with Gasteiger partial charge in [-0.2, -0.15) is 0 Å². The molecule has 18 nitrogen and oxygen atoms in total. The highest BCUT2D eigenvalue weighted by Gasteiger charge is 2.54. The summed E-state index contributed by atoms with van der Waals surface area (Å²) in [6.07, 6.45) is -22.1. The first-order chi connectivity index (χ1) is 23.9.